The van der Waals surface area contributed by atoms with Crippen LogP contribution >= 0.6 is 0 Å². The highest BCUT2D eigenvalue weighted by Gasteiger charge is 2.01. The van der Waals surface area contributed by atoms with E-state index in [1.165, 1.54) is 13.2 Å². The molecule has 0 saturated carbocycles. The molecule has 1 aromatic rings. The molecule has 10 heavy (non-hydrogen) atoms. The van der Waals surface area contributed by atoms with E-state index in [0.717, 1.165) is 12.1 Å². The van der Waals surface area contributed by atoms with Gasteiger partial charge in [0.25, 0.3) is 0 Å². The Hall–Kier alpha value is -1.25. The molecule has 0 heterocycles. The van der Waals surface area contributed by atoms with Crippen LogP contribution in [0.3, 0.4) is 0 Å². The summed E-state index contributed by atoms with van der Waals surface area (Å²) in [5.74, 6) is -1.01. The van der Waals surface area contributed by atoms with Gasteiger partial charge in [0, 0.05) is 6.07 Å². The van der Waals surface area contributed by atoms with Crippen molar-refractivity contribution in [2.45, 2.75) is 0 Å². The van der Waals surface area contributed by atoms with Crippen molar-refractivity contribution in [3.63, 3.8) is 0 Å². The number of hydrogen-bond donors (Lipinski definition) is 0. The Morgan fingerprint density at radius 1 is 1.50 bits per heavy atom. The summed E-state index contributed by atoms with van der Waals surface area (Å²) in [7, 11) is 1.42. The summed E-state index contributed by atoms with van der Waals surface area (Å²) < 4.78 is 17.0. The Balaban J connectivity index is 3.04. The molecule has 0 N–H and O–H groups in total. The van der Waals surface area contributed by atoms with E-state index in [4.69, 9.17) is 0 Å². The minimum atomic E-state index is -0.749. The molecular weight excluding hydrogens is 135 g/mol. The van der Waals surface area contributed by atoms with E-state index in [-0.39, 0.29) is 0 Å². The topological polar surface area (TPSA) is 29.1 Å². The van der Waals surface area contributed by atoms with Crippen LogP contribution in [0.25, 0.3) is 0 Å². The summed E-state index contributed by atoms with van der Waals surface area (Å²) in [6, 6.07) is 3.59. The highest BCUT2D eigenvalue weighted by atomic mass is 19.1. The maximum absolute atomic E-state index is 12.3. The molecule has 0 amide bonds. The van der Waals surface area contributed by atoms with Crippen molar-refractivity contribution in [1.82, 2.24) is 0 Å². The van der Waals surface area contributed by atoms with Gasteiger partial charge in [-0.25, -0.2) is 4.39 Å². The van der Waals surface area contributed by atoms with Crippen molar-refractivity contribution >= 4 is 0 Å². The fourth-order valence-corrected chi connectivity index (χ4v) is 0.611. The average molecular weight is 141 g/mol. The van der Waals surface area contributed by atoms with Crippen LogP contribution in [0.1, 0.15) is 0 Å². The van der Waals surface area contributed by atoms with Crippen molar-refractivity contribution in [1.29, 1.82) is 0 Å². The van der Waals surface area contributed by atoms with Crippen LogP contribution < -0.4 is 4.74 Å². The maximum Gasteiger partial charge on any atom is 0.217 e. The molecule has 53 valence electrons. The van der Waals surface area contributed by atoms with Crippen LogP contribution in [0, 0.1) is 5.82 Å². The summed E-state index contributed by atoms with van der Waals surface area (Å²) in [6.45, 7) is 0. The maximum atomic E-state index is 12.3. The average Bonchev–Trinajstić information content (AvgIpc) is 1.95. The zero-order chi connectivity index (χ0) is 7.56. The van der Waals surface area contributed by atoms with E-state index in [0.29, 0.717) is 5.75 Å². The van der Waals surface area contributed by atoms with E-state index >= 15 is 0 Å². The third-order valence-corrected chi connectivity index (χ3v) is 1.14. The van der Waals surface area contributed by atoms with Crippen LogP contribution in [0.2, 0.25) is 0 Å². The van der Waals surface area contributed by atoms with Gasteiger partial charge in [0.15, 0.2) is 5.82 Å². The lowest BCUT2D eigenvalue weighted by atomic mass is 10.3. The molecule has 0 aliphatic heterocycles. The second-order valence-electron chi connectivity index (χ2n) is 1.80. The Morgan fingerprint density at radius 2 is 2.20 bits per heavy atom. The Morgan fingerprint density at radius 3 is 2.70 bits per heavy atom. The molecule has 3 heteroatoms. The zero-order valence-corrected chi connectivity index (χ0v) is 5.43. The largest absolute Gasteiger partial charge is 0.497 e. The van der Waals surface area contributed by atoms with Gasteiger partial charge in [0.2, 0.25) is 5.75 Å². The second-order valence-corrected chi connectivity index (χ2v) is 1.80. The molecule has 0 unspecified atom stereocenters. The normalized spacial score (nSPS) is 9.40. The molecule has 0 atom stereocenters. The van der Waals surface area contributed by atoms with Crippen LogP contribution in [0.15, 0.2) is 18.2 Å². The first-order valence-corrected chi connectivity index (χ1v) is 2.74. The third kappa shape index (κ3) is 1.18. The van der Waals surface area contributed by atoms with Crippen molar-refractivity contribution in [3.8, 4) is 11.5 Å². The number of ether oxygens (including phenoxy) is 1. The van der Waals surface area contributed by atoms with Gasteiger partial charge in [0.05, 0.1) is 7.11 Å². The molecule has 1 rings (SSSR count). The minimum Gasteiger partial charge on any atom is -0.497 e. The standard InChI is InChI=1S/C7H6FO2/c1-10-5-2-3-6(8)7(9)4-5/h2-4H,1H3. The van der Waals surface area contributed by atoms with Gasteiger partial charge >= 0.3 is 0 Å². The van der Waals surface area contributed by atoms with Gasteiger partial charge in [-0.05, 0) is 12.1 Å². The molecule has 0 saturated heterocycles. The highest BCUT2D eigenvalue weighted by Crippen LogP contribution is 2.21. The Kier molecular flexibility index (Phi) is 1.76. The lowest BCUT2D eigenvalue weighted by Crippen LogP contribution is -1.82. The predicted octanol–water partition coefficient (Wildman–Crippen LogP) is 1.98. The lowest BCUT2D eigenvalue weighted by molar-refractivity contribution is 0.324. The highest BCUT2D eigenvalue weighted by molar-refractivity contribution is 5.32. The third-order valence-electron chi connectivity index (χ3n) is 1.14. The quantitative estimate of drug-likeness (QED) is 0.587. The number of rotatable bonds is 1. The molecule has 1 radical (unpaired) electrons. The summed E-state index contributed by atoms with van der Waals surface area (Å²) in [6.07, 6.45) is 0. The zero-order valence-electron chi connectivity index (χ0n) is 5.43. The number of methoxy groups -OCH3 is 1. The van der Waals surface area contributed by atoms with Gasteiger partial charge in [-0.15, -0.1) is 0 Å². The summed E-state index contributed by atoms with van der Waals surface area (Å²) in [4.78, 5) is 0. The molecule has 0 bridgehead atoms. The van der Waals surface area contributed by atoms with Crippen LogP contribution in [-0.2, 0) is 5.11 Å². The summed E-state index contributed by atoms with van der Waals surface area (Å²) in [5.41, 5.74) is 0. The fourth-order valence-electron chi connectivity index (χ4n) is 0.611. The van der Waals surface area contributed by atoms with Gasteiger partial charge in [-0.1, -0.05) is 0 Å². The van der Waals surface area contributed by atoms with Gasteiger partial charge in [-0.3, -0.25) is 5.11 Å². The smallest absolute Gasteiger partial charge is 0.217 e. The fraction of sp³-hybridized carbons (Fsp3) is 0.143. The van der Waals surface area contributed by atoms with Crippen molar-refractivity contribution < 1.29 is 14.2 Å². The summed E-state index contributed by atoms with van der Waals surface area (Å²) in [5, 5.41) is 10.5. The van der Waals surface area contributed by atoms with E-state index < -0.39 is 11.6 Å². The van der Waals surface area contributed by atoms with E-state index in [2.05, 4.69) is 4.74 Å². The van der Waals surface area contributed by atoms with Gasteiger partial charge in [0.1, 0.15) is 5.75 Å². The Labute approximate surface area is 57.9 Å². The van der Waals surface area contributed by atoms with Crippen LogP contribution in [-0.4, -0.2) is 7.11 Å². The number of hydrogen-bond acceptors (Lipinski definition) is 1. The van der Waals surface area contributed by atoms with E-state index in [9.17, 15) is 9.50 Å². The first-order chi connectivity index (χ1) is 4.74. The molecule has 0 aliphatic rings. The SMILES string of the molecule is COc1ccc(F)c([O])c1. The predicted molar refractivity (Wildman–Crippen MR) is 33.1 cm³/mol. The van der Waals surface area contributed by atoms with Crippen molar-refractivity contribution in [2.24, 2.45) is 0 Å². The lowest BCUT2D eigenvalue weighted by Gasteiger charge is -1.97. The monoisotopic (exact) mass is 141 g/mol. The van der Waals surface area contributed by atoms with Gasteiger partial charge in [-0.2, -0.15) is 0 Å². The number of benzene rings is 1. The molecule has 0 fully saturated rings. The number of halogens is 1. The Bertz CT molecular complexity index is 235. The van der Waals surface area contributed by atoms with E-state index in [1.807, 2.05) is 0 Å². The van der Waals surface area contributed by atoms with Crippen LogP contribution in [0.4, 0.5) is 4.39 Å². The molecule has 0 aromatic heterocycles. The first kappa shape index (κ1) is 6.86. The molecule has 1 aromatic carbocycles. The summed E-state index contributed by atoms with van der Waals surface area (Å²) >= 11 is 0. The molecule has 0 aliphatic carbocycles. The van der Waals surface area contributed by atoms with Crippen molar-refractivity contribution in [2.75, 3.05) is 7.11 Å². The molecule has 0 spiro atoms. The van der Waals surface area contributed by atoms with E-state index in [1.54, 1.807) is 0 Å². The minimum absolute atomic E-state index is 0.381. The van der Waals surface area contributed by atoms with Gasteiger partial charge < -0.3 is 4.74 Å². The first-order valence-electron chi connectivity index (χ1n) is 2.74. The van der Waals surface area contributed by atoms with Crippen molar-refractivity contribution in [3.05, 3.63) is 24.0 Å². The molecule has 2 nitrogen and oxygen atoms in total. The van der Waals surface area contributed by atoms with Crippen LogP contribution in [0.5, 0.6) is 11.5 Å². The second kappa shape index (κ2) is 2.56. The molecular formula is C7H6FO2.